The zero-order valence-corrected chi connectivity index (χ0v) is 12.9. The van der Waals surface area contributed by atoms with Gasteiger partial charge < -0.3 is 14.6 Å². The molecule has 0 saturated heterocycles. The Bertz CT molecular complexity index is 338. The maximum Gasteiger partial charge on any atom is 0.110 e. The summed E-state index contributed by atoms with van der Waals surface area (Å²) in [4.78, 5) is 4.49. The number of imidazole rings is 1. The second kappa shape index (κ2) is 9.10. The summed E-state index contributed by atoms with van der Waals surface area (Å²) in [6.45, 7) is 11.4. The molecule has 0 radical (unpaired) electrons. The van der Waals surface area contributed by atoms with Gasteiger partial charge in [0, 0.05) is 38.0 Å². The smallest absolute Gasteiger partial charge is 0.110 e. The Labute approximate surface area is 117 Å². The Kier molecular flexibility index (Phi) is 7.75. The molecule has 1 N–H and O–H groups in total. The lowest BCUT2D eigenvalue weighted by molar-refractivity contribution is 0.0469. The fraction of sp³-hybridized carbons (Fsp3) is 0.800. The summed E-state index contributed by atoms with van der Waals surface area (Å²) in [5, 5.41) is 3.58. The molecule has 0 bridgehead atoms. The summed E-state index contributed by atoms with van der Waals surface area (Å²) in [5.74, 6) is 1.15. The fourth-order valence-corrected chi connectivity index (χ4v) is 2.28. The molecule has 2 atom stereocenters. The van der Waals surface area contributed by atoms with Crippen molar-refractivity contribution < 1.29 is 4.74 Å². The van der Waals surface area contributed by atoms with E-state index >= 15 is 0 Å². The number of hydrogen-bond donors (Lipinski definition) is 1. The number of ether oxygens (including phenoxy) is 1. The Morgan fingerprint density at radius 2 is 2.11 bits per heavy atom. The van der Waals surface area contributed by atoms with Crippen LogP contribution in [0.15, 0.2) is 12.4 Å². The van der Waals surface area contributed by atoms with E-state index in [0.717, 1.165) is 44.8 Å². The maximum absolute atomic E-state index is 5.75. The predicted octanol–water partition coefficient (Wildman–Crippen LogP) is 2.63. The first-order chi connectivity index (χ1) is 9.22. The van der Waals surface area contributed by atoms with E-state index in [-0.39, 0.29) is 6.10 Å². The number of aryl methyl sites for hydroxylation is 1. The van der Waals surface area contributed by atoms with Gasteiger partial charge in [0.25, 0.3) is 0 Å². The normalized spacial score (nSPS) is 14.5. The highest BCUT2D eigenvalue weighted by atomic mass is 16.5. The monoisotopic (exact) mass is 267 g/mol. The maximum atomic E-state index is 5.75. The van der Waals surface area contributed by atoms with Gasteiger partial charge >= 0.3 is 0 Å². The van der Waals surface area contributed by atoms with Crippen molar-refractivity contribution in [2.24, 2.45) is 0 Å². The molecule has 0 spiro atoms. The fourth-order valence-electron chi connectivity index (χ4n) is 2.28. The highest BCUT2D eigenvalue weighted by Gasteiger charge is 2.19. The molecule has 2 unspecified atom stereocenters. The molecule has 0 fully saturated rings. The van der Waals surface area contributed by atoms with Crippen molar-refractivity contribution in [2.45, 2.75) is 65.6 Å². The lowest BCUT2D eigenvalue weighted by Crippen LogP contribution is -2.42. The Balaban J connectivity index is 2.66. The minimum absolute atomic E-state index is 0.211. The molecule has 0 saturated carbocycles. The Hall–Kier alpha value is -0.870. The molecule has 4 heteroatoms. The van der Waals surface area contributed by atoms with Crippen LogP contribution in [0, 0.1) is 0 Å². The summed E-state index contributed by atoms with van der Waals surface area (Å²) in [6, 6.07) is 0.331. The third kappa shape index (κ3) is 5.33. The van der Waals surface area contributed by atoms with Crippen molar-refractivity contribution in [1.82, 2.24) is 14.9 Å². The largest absolute Gasteiger partial charge is 0.377 e. The molecule has 19 heavy (non-hydrogen) atoms. The second-order valence-corrected chi connectivity index (χ2v) is 4.96. The third-order valence-electron chi connectivity index (χ3n) is 3.32. The predicted molar refractivity (Wildman–Crippen MR) is 79.4 cm³/mol. The van der Waals surface area contributed by atoms with Crippen LogP contribution in [0.5, 0.6) is 0 Å². The topological polar surface area (TPSA) is 39.1 Å². The first-order valence-electron chi connectivity index (χ1n) is 7.57. The van der Waals surface area contributed by atoms with E-state index < -0.39 is 0 Å². The van der Waals surface area contributed by atoms with Crippen molar-refractivity contribution in [3.05, 3.63) is 18.2 Å². The highest BCUT2D eigenvalue weighted by Crippen LogP contribution is 2.08. The van der Waals surface area contributed by atoms with E-state index in [0.29, 0.717) is 6.04 Å². The molecule has 0 aromatic carbocycles. The standard InChI is InChI=1S/C15H29N3O/c1-5-8-16-14(13(4)19-7-3)12-15-17-9-11-18(15)10-6-2/h9,11,13-14,16H,5-8,10,12H2,1-4H3. The molecule has 1 aromatic rings. The van der Waals surface area contributed by atoms with Crippen LogP contribution in [0.3, 0.4) is 0 Å². The van der Waals surface area contributed by atoms with Gasteiger partial charge in [-0.25, -0.2) is 4.98 Å². The number of nitrogens with zero attached hydrogens (tertiary/aromatic N) is 2. The quantitative estimate of drug-likeness (QED) is 0.708. The molecule has 110 valence electrons. The zero-order valence-electron chi connectivity index (χ0n) is 12.9. The number of rotatable bonds is 10. The number of hydrogen-bond acceptors (Lipinski definition) is 3. The number of aromatic nitrogens is 2. The van der Waals surface area contributed by atoms with Gasteiger partial charge in [-0.15, -0.1) is 0 Å². The summed E-state index contributed by atoms with van der Waals surface area (Å²) in [5.41, 5.74) is 0. The molecule has 1 rings (SSSR count). The number of nitrogens with one attached hydrogen (secondary N) is 1. The second-order valence-electron chi connectivity index (χ2n) is 4.96. The SMILES string of the molecule is CCCNC(Cc1nccn1CCC)C(C)OCC. The van der Waals surface area contributed by atoms with Gasteiger partial charge in [0.2, 0.25) is 0 Å². The molecular formula is C15H29N3O. The van der Waals surface area contributed by atoms with Crippen molar-refractivity contribution >= 4 is 0 Å². The first kappa shape index (κ1) is 16.2. The lowest BCUT2D eigenvalue weighted by atomic mass is 10.1. The first-order valence-corrected chi connectivity index (χ1v) is 7.57. The van der Waals surface area contributed by atoms with Gasteiger partial charge in [-0.05, 0) is 33.2 Å². The van der Waals surface area contributed by atoms with Gasteiger partial charge in [0.05, 0.1) is 6.10 Å². The summed E-state index contributed by atoms with van der Waals surface area (Å²) < 4.78 is 8.00. The van der Waals surface area contributed by atoms with E-state index in [1.165, 1.54) is 0 Å². The molecule has 1 heterocycles. The molecule has 4 nitrogen and oxygen atoms in total. The van der Waals surface area contributed by atoms with Crippen LogP contribution in [0.4, 0.5) is 0 Å². The highest BCUT2D eigenvalue weighted by molar-refractivity contribution is 4.97. The summed E-state index contributed by atoms with van der Waals surface area (Å²) >= 11 is 0. The molecule has 1 aromatic heterocycles. The lowest BCUT2D eigenvalue weighted by Gasteiger charge is -2.25. The van der Waals surface area contributed by atoms with Crippen molar-refractivity contribution in [2.75, 3.05) is 13.2 Å². The van der Waals surface area contributed by atoms with Gasteiger partial charge in [-0.2, -0.15) is 0 Å². The van der Waals surface area contributed by atoms with E-state index in [2.05, 4.69) is 41.8 Å². The van der Waals surface area contributed by atoms with E-state index in [1.54, 1.807) is 0 Å². The van der Waals surface area contributed by atoms with Gasteiger partial charge in [0.1, 0.15) is 5.82 Å². The van der Waals surface area contributed by atoms with Crippen LogP contribution in [-0.2, 0) is 17.7 Å². The van der Waals surface area contributed by atoms with Crippen LogP contribution in [0.25, 0.3) is 0 Å². The van der Waals surface area contributed by atoms with Gasteiger partial charge in [-0.3, -0.25) is 0 Å². The minimum atomic E-state index is 0.211. The average Bonchev–Trinajstić information content (AvgIpc) is 2.82. The summed E-state index contributed by atoms with van der Waals surface area (Å²) in [7, 11) is 0. The molecule has 0 aliphatic heterocycles. The van der Waals surface area contributed by atoms with E-state index in [9.17, 15) is 0 Å². The van der Waals surface area contributed by atoms with Gasteiger partial charge in [-0.1, -0.05) is 13.8 Å². The van der Waals surface area contributed by atoms with Crippen LogP contribution < -0.4 is 5.32 Å². The van der Waals surface area contributed by atoms with E-state index in [4.69, 9.17) is 4.74 Å². The van der Waals surface area contributed by atoms with Crippen LogP contribution in [0.1, 0.15) is 46.4 Å². The molecule has 0 aliphatic rings. The third-order valence-corrected chi connectivity index (χ3v) is 3.32. The van der Waals surface area contributed by atoms with Crippen molar-refractivity contribution in [3.63, 3.8) is 0 Å². The van der Waals surface area contributed by atoms with Crippen LogP contribution >= 0.6 is 0 Å². The van der Waals surface area contributed by atoms with Crippen LogP contribution in [0.2, 0.25) is 0 Å². The Morgan fingerprint density at radius 3 is 2.74 bits per heavy atom. The Morgan fingerprint density at radius 1 is 1.32 bits per heavy atom. The van der Waals surface area contributed by atoms with Gasteiger partial charge in [0.15, 0.2) is 0 Å². The van der Waals surface area contributed by atoms with Crippen molar-refractivity contribution in [1.29, 1.82) is 0 Å². The molecule has 0 aliphatic carbocycles. The minimum Gasteiger partial charge on any atom is -0.377 e. The zero-order chi connectivity index (χ0) is 14.1. The van der Waals surface area contributed by atoms with Crippen molar-refractivity contribution in [3.8, 4) is 0 Å². The van der Waals surface area contributed by atoms with Crippen LogP contribution in [-0.4, -0.2) is 34.8 Å². The molecule has 0 amide bonds. The summed E-state index contributed by atoms with van der Waals surface area (Å²) in [6.07, 6.45) is 7.38. The molecular weight excluding hydrogens is 238 g/mol. The average molecular weight is 267 g/mol. The van der Waals surface area contributed by atoms with E-state index in [1.807, 2.05) is 13.1 Å².